The first kappa shape index (κ1) is 15.2. The van der Waals surface area contributed by atoms with Gasteiger partial charge in [-0.1, -0.05) is 6.07 Å². The second kappa shape index (κ2) is 5.92. The second-order valence-electron chi connectivity index (χ2n) is 6.38. The molecule has 1 aliphatic rings. The lowest BCUT2D eigenvalue weighted by molar-refractivity contribution is 0.0945. The number of fused-ring (bicyclic) bond motifs is 2. The van der Waals surface area contributed by atoms with Crippen molar-refractivity contribution in [3.63, 3.8) is 0 Å². The van der Waals surface area contributed by atoms with Crippen LogP contribution in [0.15, 0.2) is 30.3 Å². The molecule has 0 fully saturated rings. The summed E-state index contributed by atoms with van der Waals surface area (Å²) in [5.74, 6) is 1.84. The Bertz CT molecular complexity index is 901. The summed E-state index contributed by atoms with van der Waals surface area (Å²) in [5, 5.41) is 9.44. The number of benzene rings is 2. The van der Waals surface area contributed by atoms with Gasteiger partial charge in [0.1, 0.15) is 18.2 Å². The molecule has 0 aliphatic carbocycles. The van der Waals surface area contributed by atoms with Crippen molar-refractivity contribution in [1.82, 2.24) is 14.9 Å². The minimum Gasteiger partial charge on any atom is -0.492 e. The Balaban J connectivity index is 1.78. The summed E-state index contributed by atoms with van der Waals surface area (Å²) >= 11 is 0. The fraction of sp³-hybridized carbons (Fsp3) is 0.316. The van der Waals surface area contributed by atoms with Crippen molar-refractivity contribution in [2.45, 2.75) is 20.4 Å². The molecule has 124 valence electrons. The minimum atomic E-state index is 0.0471. The van der Waals surface area contributed by atoms with Gasteiger partial charge >= 0.3 is 0 Å². The highest BCUT2D eigenvalue weighted by Crippen LogP contribution is 2.31. The monoisotopic (exact) mass is 323 g/mol. The topological polar surface area (TPSA) is 61.4 Å². The van der Waals surface area contributed by atoms with Gasteiger partial charge in [0, 0.05) is 18.7 Å². The fourth-order valence-electron chi connectivity index (χ4n) is 3.33. The zero-order chi connectivity index (χ0) is 16.7. The summed E-state index contributed by atoms with van der Waals surface area (Å²) < 4.78 is 5.80. The third-order valence-electron chi connectivity index (χ3n) is 4.55. The number of rotatable bonds is 2. The highest BCUT2D eigenvalue weighted by Gasteiger charge is 2.16. The van der Waals surface area contributed by atoms with E-state index in [-0.39, 0.29) is 6.73 Å². The molecule has 4 rings (SSSR count). The van der Waals surface area contributed by atoms with Crippen molar-refractivity contribution < 1.29 is 9.84 Å². The lowest BCUT2D eigenvalue weighted by Crippen LogP contribution is -2.26. The molecular weight excluding hydrogens is 302 g/mol. The lowest BCUT2D eigenvalue weighted by Gasteiger charge is -2.15. The van der Waals surface area contributed by atoms with Gasteiger partial charge in [-0.3, -0.25) is 4.90 Å². The van der Waals surface area contributed by atoms with Crippen LogP contribution in [0.5, 0.6) is 5.75 Å². The number of aromatic nitrogens is 2. The predicted molar refractivity (Wildman–Crippen MR) is 94.0 cm³/mol. The molecule has 5 nitrogen and oxygen atoms in total. The van der Waals surface area contributed by atoms with Crippen LogP contribution in [0.4, 0.5) is 0 Å². The number of aliphatic hydroxyl groups is 1. The molecule has 0 saturated heterocycles. The number of aliphatic hydroxyl groups excluding tert-OH is 1. The smallest absolute Gasteiger partial charge is 0.123 e. The molecule has 24 heavy (non-hydrogen) atoms. The molecule has 0 unspecified atom stereocenters. The van der Waals surface area contributed by atoms with Gasteiger partial charge in [-0.15, -0.1) is 0 Å². The minimum absolute atomic E-state index is 0.0471. The zero-order valence-corrected chi connectivity index (χ0v) is 14.0. The molecule has 2 heterocycles. The van der Waals surface area contributed by atoms with Crippen LogP contribution >= 0.6 is 0 Å². The summed E-state index contributed by atoms with van der Waals surface area (Å²) in [4.78, 5) is 9.84. The van der Waals surface area contributed by atoms with E-state index in [1.54, 1.807) is 0 Å². The van der Waals surface area contributed by atoms with Crippen LogP contribution in [0, 0.1) is 13.8 Å². The summed E-state index contributed by atoms with van der Waals surface area (Å²) in [7, 11) is 0. The van der Waals surface area contributed by atoms with Crippen LogP contribution in [0.25, 0.3) is 22.2 Å². The molecule has 1 aromatic heterocycles. The van der Waals surface area contributed by atoms with E-state index in [0.717, 1.165) is 51.4 Å². The highest BCUT2D eigenvalue weighted by molar-refractivity contribution is 5.85. The first-order valence-electron chi connectivity index (χ1n) is 8.20. The van der Waals surface area contributed by atoms with Crippen molar-refractivity contribution in [2.24, 2.45) is 0 Å². The quantitative estimate of drug-likeness (QED) is 0.761. The number of nitrogens with one attached hydrogen (secondary N) is 1. The van der Waals surface area contributed by atoms with E-state index in [9.17, 15) is 5.11 Å². The molecule has 0 amide bonds. The SMILES string of the molecule is Cc1nc2c(C)cc(-c3ccc4c(c3)CN(CO)CCO4)cc2[nH]1. The van der Waals surface area contributed by atoms with Gasteiger partial charge in [0.05, 0.1) is 17.8 Å². The van der Waals surface area contributed by atoms with Gasteiger partial charge in [0.2, 0.25) is 0 Å². The van der Waals surface area contributed by atoms with Crippen LogP contribution in [0.2, 0.25) is 0 Å². The van der Waals surface area contributed by atoms with Crippen molar-refractivity contribution in [1.29, 1.82) is 0 Å². The molecule has 1 aliphatic heterocycles. The zero-order valence-electron chi connectivity index (χ0n) is 14.0. The molecule has 2 N–H and O–H groups in total. The van der Waals surface area contributed by atoms with Crippen LogP contribution in [-0.4, -0.2) is 39.9 Å². The van der Waals surface area contributed by atoms with E-state index in [4.69, 9.17) is 4.74 Å². The molecule has 3 aromatic rings. The third kappa shape index (κ3) is 2.66. The van der Waals surface area contributed by atoms with Crippen LogP contribution in [-0.2, 0) is 6.54 Å². The van der Waals surface area contributed by atoms with Crippen molar-refractivity contribution in [2.75, 3.05) is 19.9 Å². The number of ether oxygens (including phenoxy) is 1. The van der Waals surface area contributed by atoms with Gasteiger partial charge < -0.3 is 14.8 Å². The summed E-state index contributed by atoms with van der Waals surface area (Å²) in [6, 6.07) is 10.6. The average molecular weight is 323 g/mol. The van der Waals surface area contributed by atoms with Gasteiger partial charge in [-0.05, 0) is 54.8 Å². The first-order chi connectivity index (χ1) is 11.6. The van der Waals surface area contributed by atoms with E-state index < -0.39 is 0 Å². The largest absolute Gasteiger partial charge is 0.492 e. The average Bonchev–Trinajstić information content (AvgIpc) is 2.83. The molecular formula is C19H21N3O2. The Kier molecular flexibility index (Phi) is 3.75. The Hall–Kier alpha value is -2.37. The maximum absolute atomic E-state index is 9.44. The number of aromatic amines is 1. The molecule has 0 radical (unpaired) electrons. The van der Waals surface area contributed by atoms with Gasteiger partial charge in [-0.25, -0.2) is 4.98 Å². The van der Waals surface area contributed by atoms with E-state index in [2.05, 4.69) is 41.2 Å². The normalized spacial score (nSPS) is 15.1. The van der Waals surface area contributed by atoms with Crippen LogP contribution < -0.4 is 4.74 Å². The van der Waals surface area contributed by atoms with Crippen molar-refractivity contribution >= 4 is 11.0 Å². The molecule has 0 spiro atoms. The maximum atomic E-state index is 9.44. The number of H-pyrrole nitrogens is 1. The van der Waals surface area contributed by atoms with Gasteiger partial charge in [0.15, 0.2) is 0 Å². The Labute approximate surface area is 140 Å². The fourth-order valence-corrected chi connectivity index (χ4v) is 3.33. The summed E-state index contributed by atoms with van der Waals surface area (Å²) in [6.45, 7) is 6.15. The number of aryl methyl sites for hydroxylation is 2. The van der Waals surface area contributed by atoms with Gasteiger partial charge in [-0.2, -0.15) is 0 Å². The predicted octanol–water partition coefficient (Wildman–Crippen LogP) is 2.99. The molecule has 0 atom stereocenters. The molecule has 5 heteroatoms. The van der Waals surface area contributed by atoms with Gasteiger partial charge in [0.25, 0.3) is 0 Å². The standard InChI is InChI=1S/C19H21N3O2/c1-12-7-15(9-17-19(12)21-13(2)20-17)14-3-4-18-16(8-14)10-22(11-23)5-6-24-18/h3-4,7-9,23H,5-6,10-11H2,1-2H3,(H,20,21). The van der Waals surface area contributed by atoms with E-state index in [1.807, 2.05) is 17.9 Å². The lowest BCUT2D eigenvalue weighted by atomic mass is 9.99. The Morgan fingerprint density at radius 2 is 2.08 bits per heavy atom. The molecule has 0 bridgehead atoms. The van der Waals surface area contributed by atoms with E-state index in [0.29, 0.717) is 13.2 Å². The van der Waals surface area contributed by atoms with Crippen LogP contribution in [0.3, 0.4) is 0 Å². The highest BCUT2D eigenvalue weighted by atomic mass is 16.5. The Morgan fingerprint density at radius 3 is 2.92 bits per heavy atom. The Morgan fingerprint density at radius 1 is 1.21 bits per heavy atom. The second-order valence-corrected chi connectivity index (χ2v) is 6.38. The third-order valence-corrected chi connectivity index (χ3v) is 4.55. The van der Waals surface area contributed by atoms with Crippen molar-refractivity contribution in [3.8, 4) is 16.9 Å². The number of hydrogen-bond donors (Lipinski definition) is 2. The van der Waals surface area contributed by atoms with E-state index >= 15 is 0 Å². The maximum Gasteiger partial charge on any atom is 0.123 e. The molecule has 0 saturated carbocycles. The number of imidazole rings is 1. The summed E-state index contributed by atoms with van der Waals surface area (Å²) in [6.07, 6.45) is 0. The molecule has 2 aromatic carbocycles. The first-order valence-corrected chi connectivity index (χ1v) is 8.20. The summed E-state index contributed by atoms with van der Waals surface area (Å²) in [5.41, 5.74) is 6.67. The van der Waals surface area contributed by atoms with Crippen molar-refractivity contribution in [3.05, 3.63) is 47.3 Å². The number of nitrogens with zero attached hydrogens (tertiary/aromatic N) is 2. The number of hydrogen-bond acceptors (Lipinski definition) is 4. The van der Waals surface area contributed by atoms with E-state index in [1.165, 1.54) is 0 Å². The van der Waals surface area contributed by atoms with Crippen LogP contribution in [0.1, 0.15) is 17.0 Å².